The van der Waals surface area contributed by atoms with Crippen molar-refractivity contribution >= 4 is 15.9 Å². The van der Waals surface area contributed by atoms with Gasteiger partial charge in [-0.05, 0) is 38.7 Å². The van der Waals surface area contributed by atoms with Crippen molar-refractivity contribution in [2.45, 2.75) is 55.9 Å². The molecule has 4 rings (SSSR count). The van der Waals surface area contributed by atoms with Crippen LogP contribution in [0, 0.1) is 0 Å². The second-order valence-corrected chi connectivity index (χ2v) is 11.1. The van der Waals surface area contributed by atoms with Crippen molar-refractivity contribution in [1.82, 2.24) is 20.1 Å². The zero-order valence-electron chi connectivity index (χ0n) is 18.4. The van der Waals surface area contributed by atoms with Crippen LogP contribution in [-0.4, -0.2) is 80.3 Å². The van der Waals surface area contributed by atoms with Gasteiger partial charge in [0.15, 0.2) is 0 Å². The normalized spacial score (nSPS) is 30.1. The fourth-order valence-corrected chi connectivity index (χ4v) is 7.54. The zero-order chi connectivity index (χ0) is 22.1. The summed E-state index contributed by atoms with van der Waals surface area (Å²) in [5.74, 6) is 0.104. The number of hydrogen-bond donors (Lipinski definition) is 2. The Morgan fingerprint density at radius 3 is 2.29 bits per heavy atom. The number of hydrazine groups is 1. The van der Waals surface area contributed by atoms with E-state index in [2.05, 4.69) is 10.9 Å². The van der Waals surface area contributed by atoms with Gasteiger partial charge in [-0.15, -0.1) is 0 Å². The maximum atomic E-state index is 13.8. The van der Waals surface area contributed by atoms with E-state index in [1.807, 2.05) is 49.1 Å². The number of amides is 1. The molecule has 2 unspecified atom stereocenters. The lowest BCUT2D eigenvalue weighted by Gasteiger charge is -2.40. The van der Waals surface area contributed by atoms with E-state index >= 15 is 0 Å². The summed E-state index contributed by atoms with van der Waals surface area (Å²) in [5, 5.41) is -0.513. The van der Waals surface area contributed by atoms with Crippen LogP contribution in [0.2, 0.25) is 0 Å². The molecule has 0 saturated carbocycles. The van der Waals surface area contributed by atoms with Crippen LogP contribution in [0.15, 0.2) is 30.3 Å². The predicted octanol–water partition coefficient (Wildman–Crippen LogP) is 0.852. The Balaban J connectivity index is 1.52. The summed E-state index contributed by atoms with van der Waals surface area (Å²) in [5.41, 5.74) is 6.53. The highest BCUT2D eigenvalue weighted by molar-refractivity contribution is 7.89. The number of benzene rings is 1. The molecule has 0 bridgehead atoms. The Hall–Kier alpha value is -1.52. The van der Waals surface area contributed by atoms with Gasteiger partial charge in [-0.1, -0.05) is 30.3 Å². The van der Waals surface area contributed by atoms with E-state index in [0.717, 1.165) is 5.56 Å². The van der Waals surface area contributed by atoms with Crippen LogP contribution in [0.3, 0.4) is 0 Å². The van der Waals surface area contributed by atoms with Crippen molar-refractivity contribution in [2.75, 3.05) is 39.4 Å². The summed E-state index contributed by atoms with van der Waals surface area (Å²) in [6.45, 7) is 6.69. The van der Waals surface area contributed by atoms with E-state index in [4.69, 9.17) is 4.74 Å². The molecule has 0 spiro atoms. The number of nitrogens with zero attached hydrogens (tertiary/aromatic N) is 2. The third-order valence-corrected chi connectivity index (χ3v) is 9.64. The Bertz CT molecular complexity index is 863. The molecule has 2 N–H and O–H groups in total. The van der Waals surface area contributed by atoms with Gasteiger partial charge in [0.1, 0.15) is 5.25 Å². The van der Waals surface area contributed by atoms with E-state index in [1.165, 1.54) is 0 Å². The molecule has 0 aromatic heterocycles. The van der Waals surface area contributed by atoms with Gasteiger partial charge in [-0.25, -0.2) is 8.42 Å². The third kappa shape index (κ3) is 4.26. The molecule has 3 aliphatic heterocycles. The van der Waals surface area contributed by atoms with Crippen molar-refractivity contribution in [3.8, 4) is 0 Å². The first-order valence-corrected chi connectivity index (χ1v) is 12.8. The van der Waals surface area contributed by atoms with Crippen LogP contribution in [0.1, 0.15) is 38.7 Å². The van der Waals surface area contributed by atoms with Gasteiger partial charge in [0.2, 0.25) is 15.9 Å². The van der Waals surface area contributed by atoms with Gasteiger partial charge in [-0.3, -0.25) is 15.6 Å². The molecule has 1 aromatic rings. The van der Waals surface area contributed by atoms with Crippen molar-refractivity contribution in [3.05, 3.63) is 35.9 Å². The fraction of sp³-hybridized carbons (Fsp3) is 0.682. The number of rotatable bonds is 4. The average Bonchev–Trinajstić information content (AvgIpc) is 2.98. The van der Waals surface area contributed by atoms with Crippen molar-refractivity contribution in [2.24, 2.45) is 0 Å². The largest absolute Gasteiger partial charge is 0.381 e. The van der Waals surface area contributed by atoms with E-state index < -0.39 is 20.7 Å². The van der Waals surface area contributed by atoms with Gasteiger partial charge in [0, 0.05) is 51.5 Å². The quantitative estimate of drug-likeness (QED) is 0.707. The minimum atomic E-state index is -3.47. The average molecular weight is 451 g/mol. The topological polar surface area (TPSA) is 91.0 Å². The molecule has 31 heavy (non-hydrogen) atoms. The van der Waals surface area contributed by atoms with E-state index in [1.54, 1.807) is 4.31 Å². The second-order valence-electron chi connectivity index (χ2n) is 8.98. The van der Waals surface area contributed by atoms with Crippen LogP contribution < -0.4 is 10.9 Å². The molecule has 172 valence electrons. The van der Waals surface area contributed by atoms with Crippen LogP contribution >= 0.6 is 0 Å². The molecule has 2 atom stereocenters. The summed E-state index contributed by atoms with van der Waals surface area (Å²) >= 11 is 0. The second kappa shape index (κ2) is 9.15. The SMILES string of the molecule is CC1NNC(C)C1S(=O)(=O)N1CCCN(C(=O)C2(c3ccccc3)CCOCC2)CC1. The van der Waals surface area contributed by atoms with Gasteiger partial charge in [0.25, 0.3) is 0 Å². The predicted molar refractivity (Wildman–Crippen MR) is 119 cm³/mol. The highest BCUT2D eigenvalue weighted by atomic mass is 32.2. The van der Waals surface area contributed by atoms with Crippen LogP contribution in [0.25, 0.3) is 0 Å². The maximum Gasteiger partial charge on any atom is 0.233 e. The van der Waals surface area contributed by atoms with Gasteiger partial charge < -0.3 is 9.64 Å². The highest BCUT2D eigenvalue weighted by Crippen LogP contribution is 2.37. The molecule has 3 aliphatic rings. The van der Waals surface area contributed by atoms with Gasteiger partial charge in [0.05, 0.1) is 5.41 Å². The summed E-state index contributed by atoms with van der Waals surface area (Å²) in [7, 11) is -3.47. The standard InChI is InChI=1S/C22H34N4O4S/c1-17-20(18(2)24-23-17)31(28,29)26-12-6-11-25(13-14-26)21(27)22(9-15-30-16-10-22)19-7-4-3-5-8-19/h3-5,7-8,17-18,20,23-24H,6,9-16H2,1-2H3. The van der Waals surface area contributed by atoms with Crippen molar-refractivity contribution in [3.63, 3.8) is 0 Å². The first kappa shape index (κ1) is 22.7. The Morgan fingerprint density at radius 1 is 1.00 bits per heavy atom. The number of carbonyl (C=O) groups is 1. The van der Waals surface area contributed by atoms with E-state index in [-0.39, 0.29) is 18.0 Å². The lowest BCUT2D eigenvalue weighted by atomic mass is 9.73. The van der Waals surface area contributed by atoms with Crippen molar-refractivity contribution < 1.29 is 17.9 Å². The molecule has 3 saturated heterocycles. The Morgan fingerprint density at radius 2 is 1.65 bits per heavy atom. The molecule has 0 aliphatic carbocycles. The minimum Gasteiger partial charge on any atom is -0.381 e. The third-order valence-electron chi connectivity index (χ3n) is 7.05. The number of nitrogens with one attached hydrogen (secondary N) is 2. The first-order chi connectivity index (χ1) is 14.9. The van der Waals surface area contributed by atoms with E-state index in [9.17, 15) is 13.2 Å². The molecular weight excluding hydrogens is 416 g/mol. The molecule has 0 radical (unpaired) electrons. The summed E-state index contributed by atoms with van der Waals surface area (Å²) in [6, 6.07) is 9.64. The number of ether oxygens (including phenoxy) is 1. The lowest BCUT2D eigenvalue weighted by molar-refractivity contribution is -0.141. The first-order valence-electron chi connectivity index (χ1n) is 11.3. The summed E-state index contributed by atoms with van der Waals surface area (Å²) < 4.78 is 33.9. The zero-order valence-corrected chi connectivity index (χ0v) is 19.2. The molecule has 3 heterocycles. The molecule has 1 amide bonds. The summed E-state index contributed by atoms with van der Waals surface area (Å²) in [4.78, 5) is 15.7. The number of carbonyl (C=O) groups excluding carboxylic acids is 1. The Kier molecular flexibility index (Phi) is 6.69. The van der Waals surface area contributed by atoms with E-state index in [0.29, 0.717) is 58.7 Å². The fourth-order valence-electron chi connectivity index (χ4n) is 5.31. The minimum absolute atomic E-state index is 0.104. The van der Waals surface area contributed by atoms with Crippen LogP contribution in [0.5, 0.6) is 0 Å². The maximum absolute atomic E-state index is 13.8. The Labute approximate surface area is 185 Å². The van der Waals surface area contributed by atoms with Crippen molar-refractivity contribution in [1.29, 1.82) is 0 Å². The molecule has 1 aromatic carbocycles. The molecular formula is C22H34N4O4S. The molecule has 3 fully saturated rings. The molecule has 8 nitrogen and oxygen atoms in total. The molecule has 9 heteroatoms. The summed E-state index contributed by atoms with van der Waals surface area (Å²) in [6.07, 6.45) is 1.95. The van der Waals surface area contributed by atoms with Crippen LogP contribution in [-0.2, 0) is 25.0 Å². The number of sulfonamides is 1. The smallest absolute Gasteiger partial charge is 0.233 e. The van der Waals surface area contributed by atoms with Crippen LogP contribution in [0.4, 0.5) is 0 Å². The number of hydrogen-bond acceptors (Lipinski definition) is 6. The van der Waals surface area contributed by atoms with Gasteiger partial charge in [-0.2, -0.15) is 4.31 Å². The van der Waals surface area contributed by atoms with Gasteiger partial charge >= 0.3 is 0 Å². The lowest BCUT2D eigenvalue weighted by Crippen LogP contribution is -2.51. The highest BCUT2D eigenvalue weighted by Gasteiger charge is 2.46. The monoisotopic (exact) mass is 450 g/mol.